The molecule has 3 N–H and O–H groups in total. The predicted molar refractivity (Wildman–Crippen MR) is 108 cm³/mol. The average molecular weight is 420 g/mol. The van der Waals surface area contributed by atoms with Gasteiger partial charge in [-0.15, -0.1) is 0 Å². The maximum absolute atomic E-state index is 11.5. The van der Waals surface area contributed by atoms with Crippen LogP contribution in [-0.4, -0.2) is 52.2 Å². The van der Waals surface area contributed by atoms with Gasteiger partial charge in [0.1, 0.15) is 12.7 Å². The van der Waals surface area contributed by atoms with E-state index in [-0.39, 0.29) is 17.3 Å². The van der Waals surface area contributed by atoms with Gasteiger partial charge < -0.3 is 19.5 Å². The Hall–Kier alpha value is -2.62. The SMILES string of the molecule is COc1cc(C(C)=O)ccc1OCC(O)CN1CCc2cc(S(N)(=O)=O)ccc21. The number of β-amino-alcohol motifs (C(OH)–C–C–N with tert-alkyl or cyclic N) is 1. The molecule has 156 valence electrons. The molecule has 9 heteroatoms. The Morgan fingerprint density at radius 3 is 2.66 bits per heavy atom. The number of Topliss-reactive ketones (excluding diaryl/α,β-unsaturated/α-hetero) is 1. The number of carbonyl (C=O) groups is 1. The number of fused-ring (bicyclic) bond motifs is 1. The van der Waals surface area contributed by atoms with Crippen LogP contribution in [0.4, 0.5) is 5.69 Å². The summed E-state index contributed by atoms with van der Waals surface area (Å²) in [6.45, 7) is 2.50. The van der Waals surface area contributed by atoms with Gasteiger partial charge in [-0.2, -0.15) is 0 Å². The number of nitrogens with two attached hydrogens (primary N) is 1. The van der Waals surface area contributed by atoms with Crippen molar-refractivity contribution in [2.24, 2.45) is 5.14 Å². The first kappa shape index (κ1) is 21.1. The number of benzene rings is 2. The molecule has 1 aliphatic rings. The van der Waals surface area contributed by atoms with Gasteiger partial charge in [0, 0.05) is 24.3 Å². The van der Waals surface area contributed by atoms with E-state index in [0.717, 1.165) is 11.3 Å². The van der Waals surface area contributed by atoms with Crippen LogP contribution in [0, 0.1) is 0 Å². The summed E-state index contributed by atoms with van der Waals surface area (Å²) in [4.78, 5) is 13.5. The minimum Gasteiger partial charge on any atom is -0.493 e. The van der Waals surface area contributed by atoms with E-state index < -0.39 is 16.1 Å². The molecule has 0 fully saturated rings. The van der Waals surface area contributed by atoms with Gasteiger partial charge in [-0.1, -0.05) is 0 Å². The average Bonchev–Trinajstić information content (AvgIpc) is 3.07. The molecule has 1 aliphatic heterocycles. The molecule has 2 aromatic carbocycles. The molecular formula is C20H24N2O6S. The van der Waals surface area contributed by atoms with E-state index in [9.17, 15) is 18.3 Å². The van der Waals surface area contributed by atoms with Crippen LogP contribution >= 0.6 is 0 Å². The highest BCUT2D eigenvalue weighted by Crippen LogP contribution is 2.31. The van der Waals surface area contributed by atoms with Crippen molar-refractivity contribution in [1.82, 2.24) is 0 Å². The standard InChI is InChI=1S/C20H24N2O6S/c1-13(23)14-3-6-19(20(10-14)27-2)28-12-16(24)11-22-8-7-15-9-17(29(21,25)26)4-5-18(15)22/h3-6,9-10,16,24H,7-8,11-12H2,1-2H3,(H2,21,25,26). The zero-order valence-corrected chi connectivity index (χ0v) is 17.1. The number of aliphatic hydroxyl groups excluding tert-OH is 1. The van der Waals surface area contributed by atoms with Crippen LogP contribution in [0.2, 0.25) is 0 Å². The molecule has 0 bridgehead atoms. The summed E-state index contributed by atoms with van der Waals surface area (Å²) < 4.78 is 33.9. The second-order valence-corrected chi connectivity index (χ2v) is 8.48. The van der Waals surface area contributed by atoms with Gasteiger partial charge in [0.15, 0.2) is 17.3 Å². The van der Waals surface area contributed by atoms with Crippen LogP contribution in [0.5, 0.6) is 11.5 Å². The fourth-order valence-electron chi connectivity index (χ4n) is 3.31. The lowest BCUT2D eigenvalue weighted by Gasteiger charge is -2.23. The lowest BCUT2D eigenvalue weighted by Crippen LogP contribution is -2.34. The number of methoxy groups -OCH3 is 1. The molecule has 0 spiro atoms. The molecule has 1 heterocycles. The number of hydrogen-bond donors (Lipinski definition) is 2. The monoisotopic (exact) mass is 420 g/mol. The fraction of sp³-hybridized carbons (Fsp3) is 0.350. The zero-order valence-electron chi connectivity index (χ0n) is 16.3. The van der Waals surface area contributed by atoms with E-state index in [0.29, 0.717) is 36.6 Å². The molecule has 0 aliphatic carbocycles. The van der Waals surface area contributed by atoms with Crippen LogP contribution in [0.15, 0.2) is 41.3 Å². The minimum absolute atomic E-state index is 0.0386. The van der Waals surface area contributed by atoms with Crippen LogP contribution in [0.25, 0.3) is 0 Å². The van der Waals surface area contributed by atoms with Gasteiger partial charge in [0.05, 0.1) is 12.0 Å². The van der Waals surface area contributed by atoms with Gasteiger partial charge in [-0.3, -0.25) is 4.79 Å². The van der Waals surface area contributed by atoms with Crippen molar-refractivity contribution in [2.75, 3.05) is 31.7 Å². The van der Waals surface area contributed by atoms with Gasteiger partial charge in [-0.25, -0.2) is 13.6 Å². The highest BCUT2D eigenvalue weighted by atomic mass is 32.2. The molecule has 0 radical (unpaired) electrons. The van der Waals surface area contributed by atoms with Crippen LogP contribution in [0.1, 0.15) is 22.8 Å². The third-order valence-corrected chi connectivity index (χ3v) is 5.71. The van der Waals surface area contributed by atoms with Crippen LogP contribution in [0.3, 0.4) is 0 Å². The molecule has 0 amide bonds. The smallest absolute Gasteiger partial charge is 0.238 e. The first-order valence-electron chi connectivity index (χ1n) is 9.09. The lowest BCUT2D eigenvalue weighted by molar-refractivity contribution is 0.101. The van der Waals surface area contributed by atoms with E-state index >= 15 is 0 Å². The maximum Gasteiger partial charge on any atom is 0.238 e. The van der Waals surface area contributed by atoms with E-state index in [1.165, 1.54) is 20.1 Å². The summed E-state index contributed by atoms with van der Waals surface area (Å²) in [5.41, 5.74) is 2.27. The van der Waals surface area contributed by atoms with Crippen molar-refractivity contribution in [1.29, 1.82) is 0 Å². The van der Waals surface area contributed by atoms with Crippen molar-refractivity contribution in [3.63, 3.8) is 0 Å². The number of primary sulfonamides is 1. The Labute approximate surface area is 169 Å². The molecule has 0 saturated heterocycles. The molecule has 0 saturated carbocycles. The Morgan fingerprint density at radius 2 is 2.00 bits per heavy atom. The van der Waals surface area contributed by atoms with E-state index in [1.54, 1.807) is 30.3 Å². The van der Waals surface area contributed by atoms with E-state index in [1.807, 2.05) is 4.90 Å². The summed E-state index contributed by atoms with van der Waals surface area (Å²) in [7, 11) is -2.25. The Kier molecular flexibility index (Phi) is 6.11. The second-order valence-electron chi connectivity index (χ2n) is 6.92. The number of anilines is 1. The van der Waals surface area contributed by atoms with Crippen molar-refractivity contribution in [3.8, 4) is 11.5 Å². The third-order valence-electron chi connectivity index (χ3n) is 4.80. The number of hydrogen-bond acceptors (Lipinski definition) is 7. The zero-order chi connectivity index (χ0) is 21.2. The molecular weight excluding hydrogens is 396 g/mol. The first-order chi connectivity index (χ1) is 13.7. The number of nitrogens with zero attached hydrogens (tertiary/aromatic N) is 1. The molecule has 0 aromatic heterocycles. The summed E-state index contributed by atoms with van der Waals surface area (Å²) in [6.07, 6.45) is -0.108. The van der Waals surface area contributed by atoms with Crippen molar-refractivity contribution in [2.45, 2.75) is 24.3 Å². The maximum atomic E-state index is 11.5. The fourth-order valence-corrected chi connectivity index (χ4v) is 3.88. The Bertz CT molecular complexity index is 1020. The number of ether oxygens (including phenoxy) is 2. The van der Waals surface area contributed by atoms with E-state index in [2.05, 4.69) is 0 Å². The number of ketones is 1. The molecule has 2 aromatic rings. The summed E-state index contributed by atoms with van der Waals surface area (Å²) in [5, 5.41) is 15.6. The van der Waals surface area contributed by atoms with Crippen molar-refractivity contribution in [3.05, 3.63) is 47.5 Å². The molecule has 3 rings (SSSR count). The second kappa shape index (κ2) is 8.40. The van der Waals surface area contributed by atoms with Gasteiger partial charge in [0.2, 0.25) is 10.0 Å². The highest BCUT2D eigenvalue weighted by Gasteiger charge is 2.23. The number of sulfonamides is 1. The van der Waals surface area contributed by atoms with Crippen molar-refractivity contribution < 1.29 is 27.8 Å². The molecule has 1 unspecified atom stereocenters. The Balaban J connectivity index is 1.63. The third kappa shape index (κ3) is 4.87. The highest BCUT2D eigenvalue weighted by molar-refractivity contribution is 7.89. The first-order valence-corrected chi connectivity index (χ1v) is 10.6. The summed E-state index contributed by atoms with van der Waals surface area (Å²) >= 11 is 0. The summed E-state index contributed by atoms with van der Waals surface area (Å²) in [6, 6.07) is 9.64. The van der Waals surface area contributed by atoms with Crippen LogP contribution < -0.4 is 19.5 Å². The molecule has 1 atom stereocenters. The molecule has 29 heavy (non-hydrogen) atoms. The molecule has 8 nitrogen and oxygen atoms in total. The van der Waals surface area contributed by atoms with Crippen LogP contribution in [-0.2, 0) is 16.4 Å². The topological polar surface area (TPSA) is 119 Å². The van der Waals surface area contributed by atoms with Crippen molar-refractivity contribution >= 4 is 21.5 Å². The minimum atomic E-state index is -3.74. The summed E-state index contributed by atoms with van der Waals surface area (Å²) in [5.74, 6) is 0.788. The largest absolute Gasteiger partial charge is 0.493 e. The normalized spacial score (nSPS) is 14.4. The quantitative estimate of drug-likeness (QED) is 0.619. The Morgan fingerprint density at radius 1 is 1.24 bits per heavy atom. The van der Waals surface area contributed by atoms with Gasteiger partial charge >= 0.3 is 0 Å². The van der Waals surface area contributed by atoms with Gasteiger partial charge in [0.25, 0.3) is 0 Å². The number of rotatable bonds is 8. The number of aliphatic hydroxyl groups is 1. The lowest BCUT2D eigenvalue weighted by atomic mass is 10.1. The van der Waals surface area contributed by atoms with Gasteiger partial charge in [-0.05, 0) is 55.3 Å². The predicted octanol–water partition coefficient (Wildman–Crippen LogP) is 1.35. The van der Waals surface area contributed by atoms with E-state index in [4.69, 9.17) is 14.6 Å². The number of carbonyl (C=O) groups excluding carboxylic acids is 1.